The van der Waals surface area contributed by atoms with Crippen LogP contribution in [0.1, 0.15) is 30.0 Å². The molecule has 0 saturated carbocycles. The first-order chi connectivity index (χ1) is 9.99. The molecule has 1 heterocycles. The van der Waals surface area contributed by atoms with Gasteiger partial charge in [0.1, 0.15) is 5.75 Å². The first-order valence-corrected chi connectivity index (χ1v) is 7.18. The summed E-state index contributed by atoms with van der Waals surface area (Å²) in [7, 11) is 3.37. The molecule has 0 spiro atoms. The first kappa shape index (κ1) is 15.7. The van der Waals surface area contributed by atoms with Crippen molar-refractivity contribution in [2.75, 3.05) is 12.8 Å². The highest BCUT2D eigenvalue weighted by atomic mass is 35.5. The Kier molecular flexibility index (Phi) is 4.75. The van der Waals surface area contributed by atoms with E-state index in [2.05, 4.69) is 5.10 Å². The standard InChI is InChI=1S/C15H20ClN3O2/c1-4-10-14(16)11(19(2)18-10)8-12(20)9-6-5-7-13(21-3)15(9)17/h5-7,12,20H,4,8,17H2,1-3H3. The Balaban J connectivity index is 2.30. The van der Waals surface area contributed by atoms with Crippen molar-refractivity contribution in [1.29, 1.82) is 0 Å². The van der Waals surface area contributed by atoms with Gasteiger partial charge in [0.05, 0.1) is 35.3 Å². The lowest BCUT2D eigenvalue weighted by Crippen LogP contribution is -2.09. The molecule has 1 unspecified atom stereocenters. The van der Waals surface area contributed by atoms with E-state index >= 15 is 0 Å². The molecule has 2 rings (SSSR count). The number of hydrogen-bond donors (Lipinski definition) is 2. The van der Waals surface area contributed by atoms with E-state index in [1.54, 1.807) is 30.0 Å². The number of halogens is 1. The highest BCUT2D eigenvalue weighted by molar-refractivity contribution is 6.31. The molecule has 0 amide bonds. The lowest BCUT2D eigenvalue weighted by atomic mass is 10.0. The number of para-hydroxylation sites is 1. The van der Waals surface area contributed by atoms with E-state index in [9.17, 15) is 5.11 Å². The van der Waals surface area contributed by atoms with Gasteiger partial charge in [-0.2, -0.15) is 5.10 Å². The molecule has 0 saturated heterocycles. The van der Waals surface area contributed by atoms with E-state index in [1.807, 2.05) is 14.0 Å². The number of rotatable bonds is 5. The third kappa shape index (κ3) is 2.99. The third-order valence-electron chi connectivity index (χ3n) is 3.57. The molecule has 1 aromatic heterocycles. The number of aliphatic hydroxyl groups is 1. The predicted molar refractivity (Wildman–Crippen MR) is 83.7 cm³/mol. The van der Waals surface area contributed by atoms with E-state index in [4.69, 9.17) is 22.1 Å². The van der Waals surface area contributed by atoms with Crippen LogP contribution in [0.15, 0.2) is 18.2 Å². The maximum atomic E-state index is 10.5. The maximum Gasteiger partial charge on any atom is 0.142 e. The van der Waals surface area contributed by atoms with Crippen molar-refractivity contribution in [1.82, 2.24) is 9.78 Å². The van der Waals surface area contributed by atoms with Crippen LogP contribution in [0.3, 0.4) is 0 Å². The number of aryl methyl sites for hydroxylation is 2. The van der Waals surface area contributed by atoms with E-state index in [0.717, 1.165) is 17.8 Å². The highest BCUT2D eigenvalue weighted by Crippen LogP contribution is 2.32. The van der Waals surface area contributed by atoms with Crippen LogP contribution in [0.4, 0.5) is 5.69 Å². The number of methoxy groups -OCH3 is 1. The van der Waals surface area contributed by atoms with Gasteiger partial charge in [-0.1, -0.05) is 30.7 Å². The molecular weight excluding hydrogens is 290 g/mol. The van der Waals surface area contributed by atoms with Crippen LogP contribution in [-0.2, 0) is 19.9 Å². The monoisotopic (exact) mass is 309 g/mol. The van der Waals surface area contributed by atoms with Gasteiger partial charge in [0.2, 0.25) is 0 Å². The number of nitrogens with zero attached hydrogens (tertiary/aromatic N) is 2. The summed E-state index contributed by atoms with van der Waals surface area (Å²) in [4.78, 5) is 0. The summed E-state index contributed by atoms with van der Waals surface area (Å²) in [5.41, 5.74) is 8.72. The molecule has 0 fully saturated rings. The summed E-state index contributed by atoms with van der Waals surface area (Å²) in [5.74, 6) is 0.553. The number of benzene rings is 1. The van der Waals surface area contributed by atoms with Crippen LogP contribution >= 0.6 is 11.6 Å². The van der Waals surface area contributed by atoms with Crippen LogP contribution in [0.5, 0.6) is 5.75 Å². The second-order valence-corrected chi connectivity index (χ2v) is 5.25. The van der Waals surface area contributed by atoms with Crippen molar-refractivity contribution in [3.8, 4) is 5.75 Å². The number of ether oxygens (including phenoxy) is 1. The minimum atomic E-state index is -0.766. The Morgan fingerprint density at radius 3 is 2.76 bits per heavy atom. The topological polar surface area (TPSA) is 73.3 Å². The zero-order valence-corrected chi connectivity index (χ0v) is 13.2. The molecule has 2 aromatic rings. The van der Waals surface area contributed by atoms with Gasteiger partial charge < -0.3 is 15.6 Å². The second-order valence-electron chi connectivity index (χ2n) is 4.87. The number of anilines is 1. The summed E-state index contributed by atoms with van der Waals surface area (Å²) in [5, 5.41) is 15.4. The normalized spacial score (nSPS) is 12.4. The Bertz CT molecular complexity index is 640. The molecule has 1 atom stereocenters. The SMILES string of the molecule is CCc1nn(C)c(CC(O)c2cccc(OC)c2N)c1Cl. The van der Waals surface area contributed by atoms with Crippen molar-refractivity contribution < 1.29 is 9.84 Å². The van der Waals surface area contributed by atoms with Gasteiger partial charge in [0.25, 0.3) is 0 Å². The molecule has 0 aliphatic rings. The van der Waals surface area contributed by atoms with Crippen molar-refractivity contribution in [2.45, 2.75) is 25.9 Å². The van der Waals surface area contributed by atoms with Gasteiger partial charge in [0.15, 0.2) is 0 Å². The number of aliphatic hydroxyl groups excluding tert-OH is 1. The quantitative estimate of drug-likeness (QED) is 0.832. The van der Waals surface area contributed by atoms with Crippen molar-refractivity contribution in [2.24, 2.45) is 7.05 Å². The Labute approximate surface area is 129 Å². The molecule has 0 aliphatic carbocycles. The van der Waals surface area contributed by atoms with Crippen molar-refractivity contribution in [3.63, 3.8) is 0 Å². The lowest BCUT2D eigenvalue weighted by molar-refractivity contribution is 0.176. The lowest BCUT2D eigenvalue weighted by Gasteiger charge is -2.16. The summed E-state index contributed by atoms with van der Waals surface area (Å²) >= 11 is 6.31. The van der Waals surface area contributed by atoms with Crippen LogP contribution in [0, 0.1) is 0 Å². The van der Waals surface area contributed by atoms with Gasteiger partial charge in [-0.15, -0.1) is 0 Å². The second kappa shape index (κ2) is 6.37. The Morgan fingerprint density at radius 1 is 1.48 bits per heavy atom. The minimum absolute atomic E-state index is 0.347. The molecule has 0 bridgehead atoms. The molecule has 6 heteroatoms. The maximum absolute atomic E-state index is 10.5. The van der Waals surface area contributed by atoms with E-state index in [-0.39, 0.29) is 0 Å². The number of aromatic nitrogens is 2. The van der Waals surface area contributed by atoms with Gasteiger partial charge in [-0.05, 0) is 12.5 Å². The van der Waals surface area contributed by atoms with E-state index in [0.29, 0.717) is 28.4 Å². The van der Waals surface area contributed by atoms with Crippen LogP contribution in [0.2, 0.25) is 5.02 Å². The average molecular weight is 310 g/mol. The Morgan fingerprint density at radius 2 is 2.19 bits per heavy atom. The molecule has 1 aromatic carbocycles. The molecule has 3 N–H and O–H groups in total. The summed E-state index contributed by atoms with van der Waals surface area (Å²) in [6.45, 7) is 1.99. The van der Waals surface area contributed by atoms with Crippen LogP contribution in [0.25, 0.3) is 0 Å². The fourth-order valence-electron chi connectivity index (χ4n) is 2.36. The number of nitrogen functional groups attached to an aromatic ring is 1. The fourth-order valence-corrected chi connectivity index (χ4v) is 2.74. The van der Waals surface area contributed by atoms with Crippen molar-refractivity contribution in [3.05, 3.63) is 40.2 Å². The summed E-state index contributed by atoms with van der Waals surface area (Å²) < 4.78 is 6.88. The summed E-state index contributed by atoms with van der Waals surface area (Å²) in [6.07, 6.45) is 0.335. The molecular formula is C15H20ClN3O2. The zero-order chi connectivity index (χ0) is 15.6. The Hall–Kier alpha value is -1.72. The van der Waals surface area contributed by atoms with Gasteiger partial charge in [0, 0.05) is 19.0 Å². The molecule has 21 heavy (non-hydrogen) atoms. The molecule has 0 aliphatic heterocycles. The molecule has 0 radical (unpaired) electrons. The largest absolute Gasteiger partial charge is 0.495 e. The average Bonchev–Trinajstić information content (AvgIpc) is 2.74. The smallest absolute Gasteiger partial charge is 0.142 e. The van der Waals surface area contributed by atoms with E-state index < -0.39 is 6.10 Å². The summed E-state index contributed by atoms with van der Waals surface area (Å²) in [6, 6.07) is 5.35. The molecule has 114 valence electrons. The number of hydrogen-bond acceptors (Lipinski definition) is 4. The highest BCUT2D eigenvalue weighted by Gasteiger charge is 2.20. The number of nitrogens with two attached hydrogens (primary N) is 1. The first-order valence-electron chi connectivity index (χ1n) is 6.80. The van der Waals surface area contributed by atoms with Gasteiger partial charge in [-0.25, -0.2) is 0 Å². The third-order valence-corrected chi connectivity index (χ3v) is 4.00. The van der Waals surface area contributed by atoms with Gasteiger partial charge >= 0.3 is 0 Å². The zero-order valence-electron chi connectivity index (χ0n) is 12.4. The predicted octanol–water partition coefficient (Wildman–Crippen LogP) is 2.50. The van der Waals surface area contributed by atoms with Crippen molar-refractivity contribution >= 4 is 17.3 Å². The van der Waals surface area contributed by atoms with Crippen LogP contribution in [-0.4, -0.2) is 22.0 Å². The van der Waals surface area contributed by atoms with Crippen LogP contribution < -0.4 is 10.5 Å². The fraction of sp³-hybridized carbons (Fsp3) is 0.400. The molecule has 5 nitrogen and oxygen atoms in total. The minimum Gasteiger partial charge on any atom is -0.495 e. The van der Waals surface area contributed by atoms with Gasteiger partial charge in [-0.3, -0.25) is 4.68 Å². The van der Waals surface area contributed by atoms with E-state index in [1.165, 1.54) is 0 Å².